The molecule has 0 aromatic heterocycles. The average Bonchev–Trinajstić information content (AvgIpc) is 3.72. The van der Waals surface area contributed by atoms with E-state index < -0.39 is 5.60 Å². The van der Waals surface area contributed by atoms with E-state index in [1.54, 1.807) is 4.90 Å². The SMILES string of the molecule is CC(C)(C)OC(=O)N1CC=C(c2cc3c(cc2N2CCC(N4CCCC4)CC2)C(C)(C)C2=C(C3=O)c3ccc(C#N)cc3C2)CC1. The number of carbonyl (C=O) groups is 2. The molecule has 2 aromatic carbocycles. The van der Waals surface area contributed by atoms with E-state index in [1.807, 2.05) is 39.0 Å². The summed E-state index contributed by atoms with van der Waals surface area (Å²) in [5, 5.41) is 9.54. The second-order valence-electron chi connectivity index (χ2n) is 15.3. The van der Waals surface area contributed by atoms with Crippen LogP contribution in [0.25, 0.3) is 11.1 Å². The van der Waals surface area contributed by atoms with Crippen LogP contribution in [0.1, 0.15) is 105 Å². The van der Waals surface area contributed by atoms with Gasteiger partial charge in [0, 0.05) is 60.0 Å². The molecule has 3 aliphatic heterocycles. The van der Waals surface area contributed by atoms with Crippen molar-refractivity contribution in [1.82, 2.24) is 9.80 Å². The largest absolute Gasteiger partial charge is 0.444 e. The van der Waals surface area contributed by atoms with Gasteiger partial charge in [-0.2, -0.15) is 5.26 Å². The Hall–Kier alpha value is -3.89. The lowest BCUT2D eigenvalue weighted by molar-refractivity contribution is 0.0270. The number of ketones is 1. The summed E-state index contributed by atoms with van der Waals surface area (Å²) in [5.74, 6) is 0.0834. The van der Waals surface area contributed by atoms with E-state index in [-0.39, 0.29) is 17.3 Å². The topological polar surface area (TPSA) is 76.9 Å². The first-order valence-corrected chi connectivity index (χ1v) is 17.1. The van der Waals surface area contributed by atoms with Gasteiger partial charge in [0.05, 0.1) is 11.6 Å². The first-order valence-electron chi connectivity index (χ1n) is 17.1. The van der Waals surface area contributed by atoms with Crippen molar-refractivity contribution in [2.45, 2.75) is 90.2 Å². The van der Waals surface area contributed by atoms with Gasteiger partial charge in [0.2, 0.25) is 0 Å². The third kappa shape index (κ3) is 5.35. The molecule has 7 heteroatoms. The molecule has 0 saturated carbocycles. The zero-order chi connectivity index (χ0) is 32.4. The minimum absolute atomic E-state index is 0.0834. The summed E-state index contributed by atoms with van der Waals surface area (Å²) in [6.45, 7) is 15.7. The summed E-state index contributed by atoms with van der Waals surface area (Å²) in [5.41, 5.74) is 9.17. The van der Waals surface area contributed by atoms with Gasteiger partial charge >= 0.3 is 6.09 Å². The monoisotopic (exact) mass is 618 g/mol. The molecular weight excluding hydrogens is 572 g/mol. The highest BCUT2D eigenvalue weighted by molar-refractivity contribution is 6.33. The van der Waals surface area contributed by atoms with Gasteiger partial charge in [0.1, 0.15) is 5.60 Å². The highest BCUT2D eigenvalue weighted by atomic mass is 16.6. The molecule has 2 aliphatic carbocycles. The first kappa shape index (κ1) is 30.7. The summed E-state index contributed by atoms with van der Waals surface area (Å²) in [4.78, 5) is 34.3. The van der Waals surface area contributed by atoms with Crippen LogP contribution in [-0.2, 0) is 16.6 Å². The Bertz CT molecular complexity index is 1710. The van der Waals surface area contributed by atoms with Crippen LogP contribution in [0.2, 0.25) is 0 Å². The maximum absolute atomic E-state index is 14.5. The minimum Gasteiger partial charge on any atom is -0.444 e. The number of Topliss-reactive ketones (excluding diaryl/α,β-unsaturated/α-hetero) is 1. The summed E-state index contributed by atoms with van der Waals surface area (Å²) in [7, 11) is 0. The van der Waals surface area contributed by atoms with E-state index in [2.05, 4.69) is 47.9 Å². The van der Waals surface area contributed by atoms with Crippen LogP contribution in [-0.4, -0.2) is 72.6 Å². The van der Waals surface area contributed by atoms with E-state index in [0.717, 1.165) is 64.9 Å². The smallest absolute Gasteiger partial charge is 0.410 e. The number of hydrogen-bond donors (Lipinski definition) is 0. The molecule has 2 aromatic rings. The molecule has 0 bridgehead atoms. The second kappa shape index (κ2) is 11.4. The molecule has 240 valence electrons. The number of nitriles is 1. The summed E-state index contributed by atoms with van der Waals surface area (Å²) in [6, 6.07) is 13.2. The molecule has 2 fully saturated rings. The molecule has 3 heterocycles. The van der Waals surface area contributed by atoms with Crippen LogP contribution in [0, 0.1) is 11.3 Å². The number of amides is 1. The highest BCUT2D eigenvalue weighted by Crippen LogP contribution is 2.52. The number of carbonyl (C=O) groups excluding carboxylic acids is 2. The molecule has 7 rings (SSSR count). The van der Waals surface area contributed by atoms with Gasteiger partial charge in [0.25, 0.3) is 0 Å². The van der Waals surface area contributed by atoms with Gasteiger partial charge in [-0.15, -0.1) is 0 Å². The average molecular weight is 619 g/mol. The Labute approximate surface area is 273 Å². The van der Waals surface area contributed by atoms with Crippen molar-refractivity contribution in [3.8, 4) is 6.07 Å². The van der Waals surface area contributed by atoms with Crippen molar-refractivity contribution in [3.63, 3.8) is 0 Å². The highest BCUT2D eigenvalue weighted by Gasteiger charge is 2.44. The molecule has 2 saturated heterocycles. The fourth-order valence-electron chi connectivity index (χ4n) is 8.38. The van der Waals surface area contributed by atoms with Crippen molar-refractivity contribution in [2.24, 2.45) is 0 Å². The van der Waals surface area contributed by atoms with Crippen LogP contribution in [0.4, 0.5) is 10.5 Å². The van der Waals surface area contributed by atoms with Gasteiger partial charge in [0.15, 0.2) is 5.78 Å². The molecule has 46 heavy (non-hydrogen) atoms. The normalized spacial score (nSPS) is 21.5. The summed E-state index contributed by atoms with van der Waals surface area (Å²) in [6.07, 6.45) is 8.20. The number of benzene rings is 2. The zero-order valence-electron chi connectivity index (χ0n) is 28.0. The molecular formula is C39H46N4O3. The van der Waals surface area contributed by atoms with Gasteiger partial charge in [-0.1, -0.05) is 26.0 Å². The van der Waals surface area contributed by atoms with E-state index in [4.69, 9.17) is 4.74 Å². The molecule has 5 aliphatic rings. The number of fused-ring (bicyclic) bond motifs is 3. The van der Waals surface area contributed by atoms with E-state index >= 15 is 0 Å². The van der Waals surface area contributed by atoms with Crippen molar-refractivity contribution >= 4 is 28.7 Å². The number of ether oxygens (including phenoxy) is 1. The number of piperidine rings is 1. The van der Waals surface area contributed by atoms with Crippen molar-refractivity contribution in [1.29, 1.82) is 5.26 Å². The number of nitrogens with zero attached hydrogens (tertiary/aromatic N) is 4. The standard InChI is InChI=1S/C39H46N4O3/c1-38(2,3)46-37(45)43-16-10-26(11-17-43)30-22-31-32(23-34(30)42-18-12-28(13-19-42)41-14-6-7-15-41)39(4,5)33-21-27-20-25(24-40)8-9-29(27)35(33)36(31)44/h8-10,20,22-23,28H,6-7,11-19,21H2,1-5H3. The lowest BCUT2D eigenvalue weighted by Crippen LogP contribution is -2.44. The van der Waals surface area contributed by atoms with Crippen LogP contribution >= 0.6 is 0 Å². The van der Waals surface area contributed by atoms with Crippen molar-refractivity contribution < 1.29 is 14.3 Å². The quantitative estimate of drug-likeness (QED) is 0.364. The lowest BCUT2D eigenvalue weighted by atomic mass is 9.67. The Morgan fingerprint density at radius 1 is 0.978 bits per heavy atom. The van der Waals surface area contributed by atoms with Gasteiger partial charge in [-0.25, -0.2) is 4.79 Å². The number of allylic oxidation sites excluding steroid dienone is 2. The Kier molecular flexibility index (Phi) is 7.63. The number of rotatable bonds is 3. The van der Waals surface area contributed by atoms with Crippen molar-refractivity contribution in [2.75, 3.05) is 44.2 Å². The zero-order valence-corrected chi connectivity index (χ0v) is 28.0. The predicted octanol–water partition coefficient (Wildman–Crippen LogP) is 7.13. The van der Waals surface area contributed by atoms with Crippen LogP contribution in [0.3, 0.4) is 0 Å². The molecule has 1 amide bonds. The first-order chi connectivity index (χ1) is 21.9. The van der Waals surface area contributed by atoms with Gasteiger partial charge in [-0.05, 0) is 124 Å². The molecule has 0 radical (unpaired) electrons. The Morgan fingerprint density at radius 2 is 1.72 bits per heavy atom. The van der Waals surface area contributed by atoms with E-state index in [1.165, 1.54) is 37.2 Å². The van der Waals surface area contributed by atoms with Crippen LogP contribution in [0.5, 0.6) is 0 Å². The Morgan fingerprint density at radius 3 is 2.37 bits per heavy atom. The van der Waals surface area contributed by atoms with Gasteiger partial charge in [-0.3, -0.25) is 4.79 Å². The molecule has 7 nitrogen and oxygen atoms in total. The number of likely N-dealkylation sites (tertiary alicyclic amines) is 1. The predicted molar refractivity (Wildman–Crippen MR) is 182 cm³/mol. The lowest BCUT2D eigenvalue weighted by Gasteiger charge is -2.41. The molecule has 0 atom stereocenters. The maximum Gasteiger partial charge on any atom is 0.410 e. The summed E-state index contributed by atoms with van der Waals surface area (Å²) < 4.78 is 5.66. The maximum atomic E-state index is 14.5. The van der Waals surface area contributed by atoms with Gasteiger partial charge < -0.3 is 19.4 Å². The number of hydrogen-bond acceptors (Lipinski definition) is 6. The Balaban J connectivity index is 1.26. The molecule has 0 spiro atoms. The third-order valence-corrected chi connectivity index (χ3v) is 10.9. The fourth-order valence-corrected chi connectivity index (χ4v) is 8.38. The minimum atomic E-state index is -0.538. The third-order valence-electron chi connectivity index (χ3n) is 10.9. The van der Waals surface area contributed by atoms with E-state index in [9.17, 15) is 14.9 Å². The molecule has 0 N–H and O–H groups in total. The van der Waals surface area contributed by atoms with Crippen LogP contribution in [0.15, 0.2) is 42.0 Å². The fraction of sp³-hybridized carbons (Fsp3) is 0.513. The summed E-state index contributed by atoms with van der Waals surface area (Å²) >= 11 is 0. The van der Waals surface area contributed by atoms with E-state index in [0.29, 0.717) is 37.5 Å². The number of anilines is 1. The van der Waals surface area contributed by atoms with Crippen molar-refractivity contribution in [3.05, 3.63) is 75.4 Å². The van der Waals surface area contributed by atoms with Crippen LogP contribution < -0.4 is 4.90 Å². The second-order valence-corrected chi connectivity index (χ2v) is 15.3. The molecule has 0 unspecified atom stereocenters.